The summed E-state index contributed by atoms with van der Waals surface area (Å²) in [5, 5.41) is 7.83. The van der Waals surface area contributed by atoms with E-state index in [4.69, 9.17) is 23.2 Å². The van der Waals surface area contributed by atoms with E-state index in [1.165, 1.54) is 28.9 Å². The highest BCUT2D eigenvalue weighted by Crippen LogP contribution is 2.27. The zero-order valence-electron chi connectivity index (χ0n) is 15.7. The van der Waals surface area contributed by atoms with Crippen molar-refractivity contribution < 1.29 is 9.18 Å². The second kappa shape index (κ2) is 8.26. The largest absolute Gasteiger partial charge is 0.319 e. The summed E-state index contributed by atoms with van der Waals surface area (Å²) in [7, 11) is 0. The maximum atomic E-state index is 13.1. The molecule has 30 heavy (non-hydrogen) atoms. The number of nitrogens with one attached hydrogen (secondary N) is 1. The third-order valence-corrected chi connectivity index (χ3v) is 5.08. The molecule has 0 fully saturated rings. The van der Waals surface area contributed by atoms with Gasteiger partial charge < -0.3 is 5.32 Å². The van der Waals surface area contributed by atoms with Crippen LogP contribution in [-0.2, 0) is 0 Å². The molecule has 0 saturated carbocycles. The molecule has 4 aromatic rings. The molecule has 1 heterocycles. The van der Waals surface area contributed by atoms with Crippen LogP contribution in [0.5, 0.6) is 0 Å². The van der Waals surface area contributed by atoms with Crippen molar-refractivity contribution in [1.29, 1.82) is 0 Å². The first kappa shape index (κ1) is 20.1. The molecule has 5 nitrogen and oxygen atoms in total. The molecular weight excluding hydrogens is 426 g/mol. The van der Waals surface area contributed by atoms with E-state index in [0.717, 1.165) is 11.1 Å². The van der Waals surface area contributed by atoms with Gasteiger partial charge in [0.2, 0.25) is 5.82 Å². The third-order valence-electron chi connectivity index (χ3n) is 4.34. The van der Waals surface area contributed by atoms with Crippen molar-refractivity contribution in [2.24, 2.45) is 0 Å². The molecule has 0 aliphatic carbocycles. The highest BCUT2D eigenvalue weighted by Gasteiger charge is 2.19. The number of halogens is 3. The Bertz CT molecular complexity index is 1240. The second-order valence-electron chi connectivity index (χ2n) is 6.60. The van der Waals surface area contributed by atoms with Gasteiger partial charge >= 0.3 is 0 Å². The molecule has 1 aromatic heterocycles. The summed E-state index contributed by atoms with van der Waals surface area (Å²) in [6, 6.07) is 18.2. The second-order valence-corrected chi connectivity index (χ2v) is 7.41. The highest BCUT2D eigenvalue weighted by molar-refractivity contribution is 6.42. The maximum absolute atomic E-state index is 13.1. The van der Waals surface area contributed by atoms with Crippen LogP contribution < -0.4 is 5.32 Å². The van der Waals surface area contributed by atoms with Crippen LogP contribution in [-0.4, -0.2) is 20.7 Å². The zero-order valence-corrected chi connectivity index (χ0v) is 17.2. The number of carbonyl (C=O) groups is 1. The van der Waals surface area contributed by atoms with E-state index >= 15 is 0 Å². The number of benzene rings is 3. The number of hydrogen-bond acceptors (Lipinski definition) is 3. The predicted octanol–water partition coefficient (Wildman–Crippen LogP) is 5.94. The Morgan fingerprint density at radius 3 is 2.47 bits per heavy atom. The minimum Gasteiger partial charge on any atom is -0.319 e. The van der Waals surface area contributed by atoms with Crippen LogP contribution in [0.15, 0.2) is 66.7 Å². The van der Waals surface area contributed by atoms with Gasteiger partial charge in [0.1, 0.15) is 5.82 Å². The van der Waals surface area contributed by atoms with E-state index in [1.807, 2.05) is 31.2 Å². The summed E-state index contributed by atoms with van der Waals surface area (Å²) in [4.78, 5) is 17.2. The Kier molecular flexibility index (Phi) is 5.53. The van der Waals surface area contributed by atoms with Crippen molar-refractivity contribution in [1.82, 2.24) is 14.8 Å². The summed E-state index contributed by atoms with van der Waals surface area (Å²) in [6.07, 6.45) is 0. The van der Waals surface area contributed by atoms with Crippen molar-refractivity contribution in [2.75, 3.05) is 5.32 Å². The fourth-order valence-corrected chi connectivity index (χ4v) is 3.19. The summed E-state index contributed by atoms with van der Waals surface area (Å²) in [5.41, 5.74) is 2.86. The van der Waals surface area contributed by atoms with Gasteiger partial charge in [-0.15, -0.1) is 5.10 Å². The van der Waals surface area contributed by atoms with E-state index in [9.17, 15) is 9.18 Å². The fourth-order valence-electron chi connectivity index (χ4n) is 2.90. The molecule has 1 N–H and O–H groups in total. The SMILES string of the molecule is Cc1cccc(-c2nc(C(=O)Nc3ccc(F)cc3)nn2-c2ccc(Cl)c(Cl)c2)c1. The van der Waals surface area contributed by atoms with Crippen molar-refractivity contribution in [3.63, 3.8) is 0 Å². The maximum Gasteiger partial charge on any atom is 0.295 e. The summed E-state index contributed by atoms with van der Waals surface area (Å²) < 4.78 is 14.6. The summed E-state index contributed by atoms with van der Waals surface area (Å²) in [6.45, 7) is 1.96. The standard InChI is InChI=1S/C22H15Cl2FN4O/c1-13-3-2-4-14(11-13)21-27-20(22(30)26-16-7-5-15(25)6-8-16)28-29(21)17-9-10-18(23)19(24)12-17/h2-12H,1H3,(H,26,30). The number of aromatic nitrogens is 3. The van der Waals surface area contributed by atoms with Crippen molar-refractivity contribution in [2.45, 2.75) is 6.92 Å². The number of aryl methyl sites for hydroxylation is 1. The first-order chi connectivity index (χ1) is 14.4. The lowest BCUT2D eigenvalue weighted by Crippen LogP contribution is -2.14. The number of hydrogen-bond donors (Lipinski definition) is 1. The molecule has 4 rings (SSSR count). The average Bonchev–Trinajstić information content (AvgIpc) is 3.17. The molecule has 0 aliphatic rings. The minimum absolute atomic E-state index is 0.0399. The topological polar surface area (TPSA) is 59.8 Å². The van der Waals surface area contributed by atoms with Gasteiger partial charge in [0.15, 0.2) is 5.82 Å². The van der Waals surface area contributed by atoms with Crippen LogP contribution in [0.3, 0.4) is 0 Å². The highest BCUT2D eigenvalue weighted by atomic mass is 35.5. The fraction of sp³-hybridized carbons (Fsp3) is 0.0455. The smallest absolute Gasteiger partial charge is 0.295 e. The lowest BCUT2D eigenvalue weighted by Gasteiger charge is -2.07. The number of amides is 1. The average molecular weight is 441 g/mol. The molecule has 0 saturated heterocycles. The molecule has 0 spiro atoms. The molecule has 1 amide bonds. The minimum atomic E-state index is -0.519. The van der Waals surface area contributed by atoms with Crippen LogP contribution in [0.2, 0.25) is 10.0 Å². The van der Waals surface area contributed by atoms with Gasteiger partial charge in [0.05, 0.1) is 15.7 Å². The van der Waals surface area contributed by atoms with Gasteiger partial charge in [0.25, 0.3) is 5.91 Å². The molecule has 8 heteroatoms. The Balaban J connectivity index is 1.77. The number of nitrogens with zero attached hydrogens (tertiary/aromatic N) is 3. The van der Waals surface area contributed by atoms with Gasteiger partial charge in [-0.05, 0) is 55.5 Å². The number of rotatable bonds is 4. The van der Waals surface area contributed by atoms with Crippen molar-refractivity contribution >= 4 is 34.8 Å². The van der Waals surface area contributed by atoms with Gasteiger partial charge in [-0.1, -0.05) is 47.0 Å². The molecule has 0 radical (unpaired) electrons. The van der Waals surface area contributed by atoms with Gasteiger partial charge in [-0.3, -0.25) is 4.79 Å². The van der Waals surface area contributed by atoms with E-state index in [1.54, 1.807) is 18.2 Å². The van der Waals surface area contributed by atoms with Crippen LogP contribution in [0.25, 0.3) is 17.1 Å². The van der Waals surface area contributed by atoms with E-state index in [2.05, 4.69) is 15.4 Å². The molecule has 0 unspecified atom stereocenters. The van der Waals surface area contributed by atoms with Crippen LogP contribution in [0.4, 0.5) is 10.1 Å². The first-order valence-corrected chi connectivity index (χ1v) is 9.73. The summed E-state index contributed by atoms with van der Waals surface area (Å²) >= 11 is 12.2. The van der Waals surface area contributed by atoms with E-state index < -0.39 is 11.7 Å². The van der Waals surface area contributed by atoms with Crippen molar-refractivity contribution in [3.8, 4) is 17.1 Å². The molecular formula is C22H15Cl2FN4O. The molecule has 150 valence electrons. The number of anilines is 1. The van der Waals surface area contributed by atoms with Gasteiger partial charge in [-0.2, -0.15) is 0 Å². The van der Waals surface area contributed by atoms with Crippen molar-refractivity contribution in [3.05, 3.63) is 94.0 Å². The molecule has 0 aliphatic heterocycles. The number of carbonyl (C=O) groups excluding carboxylic acids is 1. The normalized spacial score (nSPS) is 10.8. The molecule has 3 aromatic carbocycles. The molecule has 0 bridgehead atoms. The lowest BCUT2D eigenvalue weighted by atomic mass is 10.1. The van der Waals surface area contributed by atoms with Gasteiger partial charge in [0, 0.05) is 11.3 Å². The van der Waals surface area contributed by atoms with E-state index in [-0.39, 0.29) is 5.82 Å². The Labute approximate surface area is 182 Å². The lowest BCUT2D eigenvalue weighted by molar-refractivity contribution is 0.101. The Hall–Kier alpha value is -3.22. The predicted molar refractivity (Wildman–Crippen MR) is 116 cm³/mol. The van der Waals surface area contributed by atoms with Crippen LogP contribution >= 0.6 is 23.2 Å². The quantitative estimate of drug-likeness (QED) is 0.426. The van der Waals surface area contributed by atoms with E-state index in [0.29, 0.717) is 27.2 Å². The summed E-state index contributed by atoms with van der Waals surface area (Å²) in [5.74, 6) is -0.477. The van der Waals surface area contributed by atoms with Crippen LogP contribution in [0.1, 0.15) is 16.2 Å². The zero-order chi connectivity index (χ0) is 21.3. The monoisotopic (exact) mass is 440 g/mol. The molecule has 0 atom stereocenters. The Morgan fingerprint density at radius 1 is 1.00 bits per heavy atom. The first-order valence-electron chi connectivity index (χ1n) is 8.97. The van der Waals surface area contributed by atoms with Gasteiger partial charge in [-0.25, -0.2) is 14.1 Å². The third kappa shape index (κ3) is 4.20. The Morgan fingerprint density at radius 2 is 1.77 bits per heavy atom. The van der Waals surface area contributed by atoms with Crippen LogP contribution in [0, 0.1) is 12.7 Å².